The Hall–Kier alpha value is -0.540. The third kappa shape index (κ3) is 2.72. The van der Waals surface area contributed by atoms with Gasteiger partial charge in [-0.25, -0.2) is 0 Å². The minimum atomic E-state index is 0.495. The van der Waals surface area contributed by atoms with Crippen LogP contribution in [0, 0.1) is 11.8 Å². The number of aryl methyl sites for hydroxylation is 2. The fourth-order valence-electron chi connectivity index (χ4n) is 2.75. The summed E-state index contributed by atoms with van der Waals surface area (Å²) in [4.78, 5) is 0. The molecule has 0 spiro atoms. The standard InChI is InChI=1S/C14H24ClN3/c1-5-11-14(15)13(18(4)17-11)8-12(16-3)9(2)10-6-7-10/h9-10,12,16H,5-8H2,1-4H3. The van der Waals surface area contributed by atoms with Gasteiger partial charge in [-0.1, -0.05) is 25.4 Å². The Bertz CT molecular complexity index is 409. The van der Waals surface area contributed by atoms with Crippen LogP contribution in [0.2, 0.25) is 5.02 Å². The van der Waals surface area contributed by atoms with Crippen molar-refractivity contribution in [2.24, 2.45) is 18.9 Å². The Morgan fingerprint density at radius 3 is 2.61 bits per heavy atom. The van der Waals surface area contributed by atoms with Gasteiger partial charge >= 0.3 is 0 Å². The molecule has 1 fully saturated rings. The zero-order valence-electron chi connectivity index (χ0n) is 11.8. The number of hydrogen-bond donors (Lipinski definition) is 1. The minimum absolute atomic E-state index is 0.495. The number of likely N-dealkylation sites (N-methyl/N-ethyl adjacent to an activating group) is 1. The van der Waals surface area contributed by atoms with Crippen LogP contribution in [0.15, 0.2) is 0 Å². The molecule has 2 unspecified atom stereocenters. The maximum atomic E-state index is 6.42. The summed E-state index contributed by atoms with van der Waals surface area (Å²) in [5.74, 6) is 1.62. The maximum absolute atomic E-state index is 6.42. The van der Waals surface area contributed by atoms with Gasteiger partial charge in [0.2, 0.25) is 0 Å². The number of aromatic nitrogens is 2. The highest BCUT2D eigenvalue weighted by molar-refractivity contribution is 6.31. The molecule has 18 heavy (non-hydrogen) atoms. The van der Waals surface area contributed by atoms with Crippen molar-refractivity contribution < 1.29 is 0 Å². The van der Waals surface area contributed by atoms with Crippen LogP contribution in [0.1, 0.15) is 38.1 Å². The first kappa shape index (κ1) is 13.9. The lowest BCUT2D eigenvalue weighted by Gasteiger charge is -2.23. The molecule has 1 heterocycles. The van der Waals surface area contributed by atoms with Gasteiger partial charge in [0.1, 0.15) is 0 Å². The molecule has 0 bridgehead atoms. The summed E-state index contributed by atoms with van der Waals surface area (Å²) in [6.45, 7) is 4.45. The van der Waals surface area contributed by atoms with Gasteiger partial charge in [-0.15, -0.1) is 0 Å². The average molecular weight is 270 g/mol. The summed E-state index contributed by atoms with van der Waals surface area (Å²) in [6.07, 6.45) is 4.64. The average Bonchev–Trinajstić information content (AvgIpc) is 3.16. The van der Waals surface area contributed by atoms with Crippen LogP contribution in [0.3, 0.4) is 0 Å². The number of nitrogens with zero attached hydrogens (tertiary/aromatic N) is 2. The van der Waals surface area contributed by atoms with Gasteiger partial charge in [0.15, 0.2) is 0 Å². The van der Waals surface area contributed by atoms with E-state index in [1.165, 1.54) is 18.5 Å². The van der Waals surface area contributed by atoms with E-state index in [4.69, 9.17) is 11.6 Å². The number of halogens is 1. The Kier molecular flexibility index (Phi) is 4.33. The Balaban J connectivity index is 2.13. The topological polar surface area (TPSA) is 29.9 Å². The van der Waals surface area contributed by atoms with Gasteiger partial charge in [-0.3, -0.25) is 4.68 Å². The highest BCUT2D eigenvalue weighted by Crippen LogP contribution is 2.39. The first-order valence-corrected chi connectivity index (χ1v) is 7.33. The molecule has 0 radical (unpaired) electrons. The molecule has 1 N–H and O–H groups in total. The zero-order valence-corrected chi connectivity index (χ0v) is 12.6. The molecule has 2 rings (SSSR count). The van der Waals surface area contributed by atoms with E-state index in [9.17, 15) is 0 Å². The first-order chi connectivity index (χ1) is 8.58. The van der Waals surface area contributed by atoms with Gasteiger partial charge in [-0.05, 0) is 38.1 Å². The van der Waals surface area contributed by atoms with Crippen molar-refractivity contribution in [3.8, 4) is 0 Å². The van der Waals surface area contributed by atoms with Crippen molar-refractivity contribution >= 4 is 11.6 Å². The molecule has 1 aromatic heterocycles. The lowest BCUT2D eigenvalue weighted by molar-refractivity contribution is 0.352. The number of hydrogen-bond acceptors (Lipinski definition) is 2. The summed E-state index contributed by atoms with van der Waals surface area (Å²) in [5.41, 5.74) is 2.18. The van der Waals surface area contributed by atoms with Gasteiger partial charge in [-0.2, -0.15) is 5.10 Å². The van der Waals surface area contributed by atoms with E-state index in [0.717, 1.165) is 29.5 Å². The first-order valence-electron chi connectivity index (χ1n) is 6.96. The third-order valence-corrected chi connectivity index (χ3v) is 4.72. The monoisotopic (exact) mass is 269 g/mol. The third-order valence-electron chi connectivity index (χ3n) is 4.29. The predicted octanol–water partition coefficient (Wildman–Crippen LogP) is 2.81. The quantitative estimate of drug-likeness (QED) is 0.861. The lowest BCUT2D eigenvalue weighted by Crippen LogP contribution is -2.35. The largest absolute Gasteiger partial charge is 0.316 e. The second-order valence-corrected chi connectivity index (χ2v) is 5.86. The Morgan fingerprint density at radius 1 is 1.50 bits per heavy atom. The van der Waals surface area contributed by atoms with Gasteiger partial charge < -0.3 is 5.32 Å². The van der Waals surface area contributed by atoms with Crippen molar-refractivity contribution in [3.05, 3.63) is 16.4 Å². The van der Waals surface area contributed by atoms with Crippen molar-refractivity contribution in [1.29, 1.82) is 0 Å². The summed E-state index contributed by atoms with van der Waals surface area (Å²) < 4.78 is 1.95. The number of nitrogens with one attached hydrogen (secondary N) is 1. The second-order valence-electron chi connectivity index (χ2n) is 5.48. The van der Waals surface area contributed by atoms with E-state index in [1.54, 1.807) is 0 Å². The molecule has 2 atom stereocenters. The molecule has 3 nitrogen and oxygen atoms in total. The molecular formula is C14H24ClN3. The van der Waals surface area contributed by atoms with Gasteiger partial charge in [0.05, 0.1) is 16.4 Å². The fraction of sp³-hybridized carbons (Fsp3) is 0.786. The molecule has 102 valence electrons. The van der Waals surface area contributed by atoms with Crippen LogP contribution in [0.25, 0.3) is 0 Å². The Labute approximate surface area is 115 Å². The van der Waals surface area contributed by atoms with Crippen LogP contribution in [0.5, 0.6) is 0 Å². The van der Waals surface area contributed by atoms with E-state index in [1.807, 2.05) is 11.7 Å². The molecule has 1 aliphatic carbocycles. The highest BCUT2D eigenvalue weighted by atomic mass is 35.5. The predicted molar refractivity (Wildman–Crippen MR) is 76.0 cm³/mol. The molecule has 1 aliphatic rings. The minimum Gasteiger partial charge on any atom is -0.316 e. The normalized spacial score (nSPS) is 18.9. The Morgan fingerprint density at radius 2 is 2.17 bits per heavy atom. The van der Waals surface area contributed by atoms with E-state index in [2.05, 4.69) is 31.3 Å². The molecule has 0 aromatic carbocycles. The molecule has 1 aromatic rings. The van der Waals surface area contributed by atoms with Crippen molar-refractivity contribution in [1.82, 2.24) is 15.1 Å². The van der Waals surface area contributed by atoms with Crippen LogP contribution >= 0.6 is 11.6 Å². The summed E-state index contributed by atoms with van der Waals surface area (Å²) >= 11 is 6.42. The highest BCUT2D eigenvalue weighted by Gasteiger charge is 2.33. The van der Waals surface area contributed by atoms with Gasteiger partial charge in [0.25, 0.3) is 0 Å². The van der Waals surface area contributed by atoms with Crippen molar-refractivity contribution in [2.75, 3.05) is 7.05 Å². The molecule has 0 aliphatic heterocycles. The van der Waals surface area contributed by atoms with Crippen LogP contribution in [0.4, 0.5) is 0 Å². The second kappa shape index (κ2) is 5.62. The molecule has 0 amide bonds. The zero-order chi connectivity index (χ0) is 13.3. The number of rotatable bonds is 6. The van der Waals surface area contributed by atoms with E-state index >= 15 is 0 Å². The molecule has 1 saturated carbocycles. The SMILES string of the molecule is CCc1nn(C)c(CC(NC)C(C)C2CC2)c1Cl. The van der Waals surface area contributed by atoms with Gasteiger partial charge in [0, 0.05) is 19.5 Å². The summed E-state index contributed by atoms with van der Waals surface area (Å²) in [7, 11) is 4.05. The van der Waals surface area contributed by atoms with E-state index in [-0.39, 0.29) is 0 Å². The molecular weight excluding hydrogens is 246 g/mol. The lowest BCUT2D eigenvalue weighted by atomic mass is 9.93. The fourth-order valence-corrected chi connectivity index (χ4v) is 3.12. The van der Waals surface area contributed by atoms with Crippen molar-refractivity contribution in [3.63, 3.8) is 0 Å². The van der Waals surface area contributed by atoms with Crippen LogP contribution in [-0.4, -0.2) is 22.9 Å². The van der Waals surface area contributed by atoms with E-state index < -0.39 is 0 Å². The molecule has 4 heteroatoms. The smallest absolute Gasteiger partial charge is 0.0850 e. The van der Waals surface area contributed by atoms with Crippen LogP contribution in [-0.2, 0) is 19.9 Å². The van der Waals surface area contributed by atoms with E-state index in [0.29, 0.717) is 12.0 Å². The van der Waals surface area contributed by atoms with Crippen LogP contribution < -0.4 is 5.32 Å². The summed E-state index contributed by atoms with van der Waals surface area (Å²) in [6, 6.07) is 0.495. The summed E-state index contributed by atoms with van der Waals surface area (Å²) in [5, 5.41) is 8.81. The maximum Gasteiger partial charge on any atom is 0.0850 e. The molecule has 0 saturated heterocycles. The van der Waals surface area contributed by atoms with Crippen molar-refractivity contribution in [2.45, 2.75) is 45.6 Å².